The zero-order valence-electron chi connectivity index (χ0n) is 10.9. The molecule has 1 atom stereocenters. The van der Waals surface area contributed by atoms with Crippen molar-refractivity contribution in [1.82, 2.24) is 4.98 Å². The minimum Gasteiger partial charge on any atom is -0.492 e. The highest BCUT2D eigenvalue weighted by Gasteiger charge is 2.20. The standard InChI is InChI=1S/C15H17NO2S/c1-2-18-12-6-11(8-16-9-12)15(17)14-7-10-4-3-5-13(10)19-14/h6-9,15,17H,2-5H2,1H3. The summed E-state index contributed by atoms with van der Waals surface area (Å²) in [4.78, 5) is 6.58. The van der Waals surface area contributed by atoms with Crippen molar-refractivity contribution in [1.29, 1.82) is 0 Å². The number of nitrogens with zero attached hydrogens (tertiary/aromatic N) is 1. The average Bonchev–Trinajstić information content (AvgIpc) is 2.99. The first-order chi connectivity index (χ1) is 9.28. The average molecular weight is 275 g/mol. The second kappa shape index (κ2) is 5.31. The van der Waals surface area contributed by atoms with Crippen molar-refractivity contribution < 1.29 is 9.84 Å². The summed E-state index contributed by atoms with van der Waals surface area (Å²) in [5.41, 5.74) is 2.21. The van der Waals surface area contributed by atoms with E-state index in [1.54, 1.807) is 23.7 Å². The molecule has 0 fully saturated rings. The summed E-state index contributed by atoms with van der Waals surface area (Å²) in [6, 6.07) is 4.01. The van der Waals surface area contributed by atoms with Gasteiger partial charge in [-0.2, -0.15) is 0 Å². The largest absolute Gasteiger partial charge is 0.492 e. The van der Waals surface area contributed by atoms with Gasteiger partial charge in [0.1, 0.15) is 11.9 Å². The van der Waals surface area contributed by atoms with Crippen LogP contribution in [0, 0.1) is 0 Å². The van der Waals surface area contributed by atoms with Crippen LogP contribution in [0.4, 0.5) is 0 Å². The van der Waals surface area contributed by atoms with E-state index >= 15 is 0 Å². The number of thiophene rings is 1. The van der Waals surface area contributed by atoms with E-state index in [0.717, 1.165) is 23.3 Å². The molecule has 2 aromatic heterocycles. The molecule has 4 heteroatoms. The van der Waals surface area contributed by atoms with E-state index in [2.05, 4.69) is 11.1 Å². The second-order valence-corrected chi connectivity index (χ2v) is 5.91. The van der Waals surface area contributed by atoms with Crippen LogP contribution in [-0.2, 0) is 12.8 Å². The lowest BCUT2D eigenvalue weighted by Gasteiger charge is -2.10. The number of aliphatic hydroxyl groups excluding tert-OH is 1. The van der Waals surface area contributed by atoms with Crippen LogP contribution in [0.2, 0.25) is 0 Å². The van der Waals surface area contributed by atoms with E-state index in [9.17, 15) is 5.11 Å². The molecule has 2 heterocycles. The molecule has 1 unspecified atom stereocenters. The summed E-state index contributed by atoms with van der Waals surface area (Å²) in [6.07, 6.45) is 6.34. The second-order valence-electron chi connectivity index (χ2n) is 4.74. The number of aryl methyl sites for hydroxylation is 2. The third kappa shape index (κ3) is 2.51. The van der Waals surface area contributed by atoms with Crippen molar-refractivity contribution in [3.8, 4) is 5.75 Å². The van der Waals surface area contributed by atoms with Gasteiger partial charge in [-0.3, -0.25) is 4.98 Å². The molecule has 2 aromatic rings. The van der Waals surface area contributed by atoms with Gasteiger partial charge in [0, 0.05) is 21.5 Å². The van der Waals surface area contributed by atoms with Gasteiger partial charge in [0.15, 0.2) is 0 Å². The highest BCUT2D eigenvalue weighted by atomic mass is 32.1. The molecular weight excluding hydrogens is 258 g/mol. The van der Waals surface area contributed by atoms with E-state index in [1.165, 1.54) is 16.9 Å². The lowest BCUT2D eigenvalue weighted by molar-refractivity contribution is 0.222. The van der Waals surface area contributed by atoms with Crippen LogP contribution in [0.1, 0.15) is 40.3 Å². The Labute approximate surface area is 116 Å². The summed E-state index contributed by atoms with van der Waals surface area (Å²) in [6.45, 7) is 2.54. The van der Waals surface area contributed by atoms with Crippen molar-refractivity contribution in [2.45, 2.75) is 32.3 Å². The molecule has 0 saturated heterocycles. The van der Waals surface area contributed by atoms with Crippen molar-refractivity contribution in [3.63, 3.8) is 0 Å². The number of hydrogen-bond acceptors (Lipinski definition) is 4. The Morgan fingerprint density at radius 2 is 2.26 bits per heavy atom. The van der Waals surface area contributed by atoms with Crippen LogP contribution in [0.25, 0.3) is 0 Å². The van der Waals surface area contributed by atoms with Gasteiger partial charge in [0.2, 0.25) is 0 Å². The topological polar surface area (TPSA) is 42.4 Å². The first-order valence-corrected chi connectivity index (χ1v) is 7.47. The maximum atomic E-state index is 10.5. The number of aliphatic hydroxyl groups is 1. The number of ether oxygens (including phenoxy) is 1. The maximum Gasteiger partial charge on any atom is 0.137 e. The molecule has 0 saturated carbocycles. The van der Waals surface area contributed by atoms with Gasteiger partial charge in [-0.05, 0) is 43.9 Å². The zero-order valence-corrected chi connectivity index (χ0v) is 11.7. The van der Waals surface area contributed by atoms with E-state index in [1.807, 2.05) is 13.0 Å². The fraction of sp³-hybridized carbons (Fsp3) is 0.400. The fourth-order valence-electron chi connectivity index (χ4n) is 2.48. The van der Waals surface area contributed by atoms with Gasteiger partial charge in [-0.25, -0.2) is 0 Å². The number of fused-ring (bicyclic) bond motifs is 1. The number of pyridine rings is 1. The molecule has 3 rings (SSSR count). The monoisotopic (exact) mass is 275 g/mol. The lowest BCUT2D eigenvalue weighted by Crippen LogP contribution is -2.00. The summed E-state index contributed by atoms with van der Waals surface area (Å²) in [7, 11) is 0. The van der Waals surface area contributed by atoms with Gasteiger partial charge >= 0.3 is 0 Å². The molecule has 1 N–H and O–H groups in total. The number of hydrogen-bond donors (Lipinski definition) is 1. The third-order valence-corrected chi connectivity index (χ3v) is 4.69. The van der Waals surface area contributed by atoms with Gasteiger partial charge in [0.05, 0.1) is 12.8 Å². The molecule has 0 bridgehead atoms. The Balaban J connectivity index is 1.86. The molecular formula is C15H17NO2S. The predicted octanol–water partition coefficient (Wildman–Crippen LogP) is 3.11. The van der Waals surface area contributed by atoms with E-state index in [-0.39, 0.29) is 0 Å². The quantitative estimate of drug-likeness (QED) is 0.932. The highest BCUT2D eigenvalue weighted by molar-refractivity contribution is 7.12. The number of aromatic nitrogens is 1. The van der Waals surface area contributed by atoms with E-state index in [4.69, 9.17) is 4.74 Å². The van der Waals surface area contributed by atoms with Crippen molar-refractivity contribution in [2.75, 3.05) is 6.61 Å². The molecule has 1 aliphatic carbocycles. The van der Waals surface area contributed by atoms with Crippen LogP contribution >= 0.6 is 11.3 Å². The molecule has 1 aliphatic rings. The fourth-order valence-corrected chi connectivity index (χ4v) is 3.75. The minimum atomic E-state index is -0.594. The van der Waals surface area contributed by atoms with Gasteiger partial charge in [0.25, 0.3) is 0 Å². The molecule has 0 amide bonds. The van der Waals surface area contributed by atoms with Gasteiger partial charge in [-0.1, -0.05) is 0 Å². The van der Waals surface area contributed by atoms with Crippen LogP contribution in [0.3, 0.4) is 0 Å². The van der Waals surface area contributed by atoms with Crippen LogP contribution < -0.4 is 4.74 Å². The minimum absolute atomic E-state index is 0.594. The predicted molar refractivity (Wildman–Crippen MR) is 75.8 cm³/mol. The Kier molecular flexibility index (Phi) is 3.53. The van der Waals surface area contributed by atoms with E-state index < -0.39 is 6.10 Å². The molecule has 19 heavy (non-hydrogen) atoms. The SMILES string of the molecule is CCOc1cncc(C(O)c2cc3c(s2)CCC3)c1. The number of rotatable bonds is 4. The molecule has 0 aromatic carbocycles. The molecule has 3 nitrogen and oxygen atoms in total. The first kappa shape index (κ1) is 12.6. The van der Waals surface area contributed by atoms with Crippen molar-refractivity contribution in [2.24, 2.45) is 0 Å². The normalized spacial score (nSPS) is 15.3. The van der Waals surface area contributed by atoms with Crippen LogP contribution in [0.5, 0.6) is 5.75 Å². The Hall–Kier alpha value is -1.39. The molecule has 0 aliphatic heterocycles. The van der Waals surface area contributed by atoms with Crippen molar-refractivity contribution in [3.05, 3.63) is 45.4 Å². The lowest BCUT2D eigenvalue weighted by atomic mass is 10.1. The summed E-state index contributed by atoms with van der Waals surface area (Å²) >= 11 is 1.73. The molecule has 0 radical (unpaired) electrons. The smallest absolute Gasteiger partial charge is 0.137 e. The first-order valence-electron chi connectivity index (χ1n) is 6.65. The highest BCUT2D eigenvalue weighted by Crippen LogP contribution is 2.36. The summed E-state index contributed by atoms with van der Waals surface area (Å²) in [5, 5.41) is 10.5. The maximum absolute atomic E-state index is 10.5. The zero-order chi connectivity index (χ0) is 13.2. The third-order valence-electron chi connectivity index (χ3n) is 3.40. The van der Waals surface area contributed by atoms with Crippen LogP contribution in [-0.4, -0.2) is 16.7 Å². The summed E-state index contributed by atoms with van der Waals surface area (Å²) < 4.78 is 5.42. The van der Waals surface area contributed by atoms with Crippen LogP contribution in [0.15, 0.2) is 24.5 Å². The molecule has 100 valence electrons. The Morgan fingerprint density at radius 3 is 3.05 bits per heavy atom. The molecule has 0 spiro atoms. The summed E-state index contributed by atoms with van der Waals surface area (Å²) in [5.74, 6) is 0.711. The Bertz CT molecular complexity index is 558. The van der Waals surface area contributed by atoms with Crippen molar-refractivity contribution >= 4 is 11.3 Å². The van der Waals surface area contributed by atoms with Gasteiger partial charge in [-0.15, -0.1) is 11.3 Å². The Morgan fingerprint density at radius 1 is 1.37 bits per heavy atom. The van der Waals surface area contributed by atoms with E-state index in [0.29, 0.717) is 12.4 Å². The van der Waals surface area contributed by atoms with Gasteiger partial charge < -0.3 is 9.84 Å².